The van der Waals surface area contributed by atoms with Gasteiger partial charge in [0.25, 0.3) is 0 Å². The summed E-state index contributed by atoms with van der Waals surface area (Å²) in [6, 6.07) is 0.698. The molecular formula is C9H17NOS. The van der Waals surface area contributed by atoms with E-state index in [-0.39, 0.29) is 0 Å². The monoisotopic (exact) mass is 187 g/mol. The second-order valence-electron chi connectivity index (χ2n) is 3.79. The van der Waals surface area contributed by atoms with Gasteiger partial charge in [-0.15, -0.1) is 11.8 Å². The summed E-state index contributed by atoms with van der Waals surface area (Å²) < 4.78 is 5.38. The normalized spacial score (nSPS) is 35.2. The van der Waals surface area contributed by atoms with E-state index in [1.165, 1.54) is 25.0 Å². The Bertz CT molecular complexity index is 151. The second kappa shape index (κ2) is 3.56. The molecule has 2 saturated heterocycles. The maximum atomic E-state index is 5.38. The fourth-order valence-electron chi connectivity index (χ4n) is 1.98. The Morgan fingerprint density at radius 1 is 1.42 bits per heavy atom. The van der Waals surface area contributed by atoms with Gasteiger partial charge in [0.15, 0.2) is 0 Å². The first-order chi connectivity index (χ1) is 5.81. The number of ether oxygens (including phenoxy) is 1. The van der Waals surface area contributed by atoms with Gasteiger partial charge >= 0.3 is 0 Å². The summed E-state index contributed by atoms with van der Waals surface area (Å²) in [6.07, 6.45) is 3.68. The molecule has 1 unspecified atom stereocenters. The number of nitrogens with one attached hydrogen (secondary N) is 1. The Morgan fingerprint density at radius 2 is 2.17 bits per heavy atom. The van der Waals surface area contributed by atoms with Crippen molar-refractivity contribution in [3.8, 4) is 0 Å². The van der Waals surface area contributed by atoms with E-state index >= 15 is 0 Å². The molecule has 2 heterocycles. The molecule has 2 rings (SSSR count). The number of thioether (sulfide) groups is 1. The van der Waals surface area contributed by atoms with Gasteiger partial charge in [-0.25, -0.2) is 0 Å². The quantitative estimate of drug-likeness (QED) is 0.622. The molecule has 0 aromatic carbocycles. The lowest BCUT2D eigenvalue weighted by Crippen LogP contribution is -2.53. The lowest BCUT2D eigenvalue weighted by Gasteiger charge is -2.43. The van der Waals surface area contributed by atoms with E-state index in [4.69, 9.17) is 4.74 Å². The molecule has 2 nitrogen and oxygen atoms in total. The van der Waals surface area contributed by atoms with Crippen LogP contribution in [0.1, 0.15) is 26.2 Å². The molecule has 0 aromatic heterocycles. The molecule has 0 radical (unpaired) electrons. The van der Waals surface area contributed by atoms with Crippen LogP contribution >= 0.6 is 11.8 Å². The Labute approximate surface area is 78.4 Å². The molecule has 0 saturated carbocycles. The molecule has 2 fully saturated rings. The highest BCUT2D eigenvalue weighted by Crippen LogP contribution is 2.36. The zero-order valence-electron chi connectivity index (χ0n) is 7.64. The Balaban J connectivity index is 1.97. The molecule has 0 aromatic rings. The zero-order chi connectivity index (χ0) is 8.44. The van der Waals surface area contributed by atoms with Crippen LogP contribution in [0, 0.1) is 0 Å². The van der Waals surface area contributed by atoms with Crippen molar-refractivity contribution in [2.75, 3.05) is 19.0 Å². The summed E-state index contributed by atoms with van der Waals surface area (Å²) >= 11 is 2.10. The molecule has 1 N–H and O–H groups in total. The summed E-state index contributed by atoms with van der Waals surface area (Å²) in [4.78, 5) is 0.371. The van der Waals surface area contributed by atoms with Crippen LogP contribution in [-0.4, -0.2) is 29.9 Å². The number of hydrogen-bond donors (Lipinski definition) is 1. The maximum absolute atomic E-state index is 5.38. The molecule has 1 atom stereocenters. The van der Waals surface area contributed by atoms with Crippen LogP contribution in [0.2, 0.25) is 0 Å². The van der Waals surface area contributed by atoms with Gasteiger partial charge in [-0.2, -0.15) is 0 Å². The summed E-state index contributed by atoms with van der Waals surface area (Å²) in [6.45, 7) is 4.16. The summed E-state index contributed by atoms with van der Waals surface area (Å²) in [5.41, 5.74) is 0. The third-order valence-electron chi connectivity index (χ3n) is 2.74. The third kappa shape index (κ3) is 1.78. The molecule has 2 aliphatic heterocycles. The van der Waals surface area contributed by atoms with Crippen LogP contribution in [0.3, 0.4) is 0 Å². The molecule has 2 aliphatic rings. The van der Waals surface area contributed by atoms with Crippen LogP contribution in [0.15, 0.2) is 0 Å². The molecule has 12 heavy (non-hydrogen) atoms. The van der Waals surface area contributed by atoms with E-state index in [1.54, 1.807) is 0 Å². The summed E-state index contributed by atoms with van der Waals surface area (Å²) in [5, 5.41) is 3.71. The molecule has 0 bridgehead atoms. The highest BCUT2D eigenvalue weighted by Gasteiger charge is 2.36. The van der Waals surface area contributed by atoms with Gasteiger partial charge in [-0.3, -0.25) is 0 Å². The van der Waals surface area contributed by atoms with E-state index in [0.717, 1.165) is 13.2 Å². The van der Waals surface area contributed by atoms with Gasteiger partial charge < -0.3 is 10.1 Å². The fourth-order valence-corrected chi connectivity index (χ4v) is 3.59. The van der Waals surface area contributed by atoms with Crippen LogP contribution in [0.25, 0.3) is 0 Å². The topological polar surface area (TPSA) is 21.3 Å². The predicted molar refractivity (Wildman–Crippen MR) is 52.5 cm³/mol. The molecule has 70 valence electrons. The minimum Gasteiger partial charge on any atom is -0.381 e. The average molecular weight is 187 g/mol. The van der Waals surface area contributed by atoms with Crippen molar-refractivity contribution in [3.05, 3.63) is 0 Å². The minimum atomic E-state index is 0.371. The van der Waals surface area contributed by atoms with Crippen molar-refractivity contribution in [2.24, 2.45) is 0 Å². The first kappa shape index (κ1) is 8.85. The van der Waals surface area contributed by atoms with Gasteiger partial charge in [-0.05, 0) is 31.9 Å². The molecule has 3 heteroatoms. The van der Waals surface area contributed by atoms with E-state index in [0.29, 0.717) is 10.9 Å². The predicted octanol–water partition coefficient (Wildman–Crippen LogP) is 1.61. The van der Waals surface area contributed by atoms with Crippen molar-refractivity contribution >= 4 is 11.8 Å². The SMILES string of the molecule is CC1CCSC2(CCOCC2)N1. The van der Waals surface area contributed by atoms with Crippen molar-refractivity contribution in [3.63, 3.8) is 0 Å². The lowest BCUT2D eigenvalue weighted by atomic mass is 10.1. The minimum absolute atomic E-state index is 0.371. The highest BCUT2D eigenvalue weighted by molar-refractivity contribution is 8.00. The Kier molecular flexibility index (Phi) is 2.63. The van der Waals surface area contributed by atoms with E-state index < -0.39 is 0 Å². The smallest absolute Gasteiger partial charge is 0.0691 e. The highest BCUT2D eigenvalue weighted by atomic mass is 32.2. The number of rotatable bonds is 0. The largest absolute Gasteiger partial charge is 0.381 e. The van der Waals surface area contributed by atoms with Crippen LogP contribution in [0.4, 0.5) is 0 Å². The first-order valence-corrected chi connectivity index (χ1v) is 5.79. The Hall–Kier alpha value is 0.270. The number of hydrogen-bond acceptors (Lipinski definition) is 3. The van der Waals surface area contributed by atoms with E-state index in [2.05, 4.69) is 24.0 Å². The van der Waals surface area contributed by atoms with Gasteiger partial charge in [0, 0.05) is 19.3 Å². The average Bonchev–Trinajstić information content (AvgIpc) is 2.05. The van der Waals surface area contributed by atoms with Gasteiger partial charge in [-0.1, -0.05) is 0 Å². The molecule has 0 aliphatic carbocycles. The first-order valence-electron chi connectivity index (χ1n) is 4.80. The lowest BCUT2D eigenvalue weighted by molar-refractivity contribution is 0.0641. The van der Waals surface area contributed by atoms with Crippen molar-refractivity contribution in [2.45, 2.75) is 37.1 Å². The van der Waals surface area contributed by atoms with Gasteiger partial charge in [0.1, 0.15) is 0 Å². The van der Waals surface area contributed by atoms with Crippen molar-refractivity contribution in [1.82, 2.24) is 5.32 Å². The van der Waals surface area contributed by atoms with Crippen LogP contribution < -0.4 is 5.32 Å². The molecule has 0 amide bonds. The van der Waals surface area contributed by atoms with Gasteiger partial charge in [0.05, 0.1) is 4.87 Å². The van der Waals surface area contributed by atoms with Crippen molar-refractivity contribution in [1.29, 1.82) is 0 Å². The molecular weight excluding hydrogens is 170 g/mol. The van der Waals surface area contributed by atoms with Crippen LogP contribution in [-0.2, 0) is 4.74 Å². The Morgan fingerprint density at radius 3 is 2.83 bits per heavy atom. The van der Waals surface area contributed by atoms with Gasteiger partial charge in [0.2, 0.25) is 0 Å². The second-order valence-corrected chi connectivity index (χ2v) is 5.27. The van der Waals surface area contributed by atoms with Crippen molar-refractivity contribution < 1.29 is 4.74 Å². The van der Waals surface area contributed by atoms with E-state index in [9.17, 15) is 0 Å². The fraction of sp³-hybridized carbons (Fsp3) is 1.00. The maximum Gasteiger partial charge on any atom is 0.0691 e. The summed E-state index contributed by atoms with van der Waals surface area (Å²) in [5.74, 6) is 1.31. The third-order valence-corrected chi connectivity index (χ3v) is 4.26. The molecule has 1 spiro atoms. The van der Waals surface area contributed by atoms with E-state index in [1.807, 2.05) is 0 Å². The van der Waals surface area contributed by atoms with Crippen LogP contribution in [0.5, 0.6) is 0 Å². The summed E-state index contributed by atoms with van der Waals surface area (Å²) in [7, 11) is 0. The zero-order valence-corrected chi connectivity index (χ0v) is 8.45. The standard InChI is InChI=1S/C9H17NOS/c1-8-2-7-12-9(10-8)3-5-11-6-4-9/h8,10H,2-7H2,1H3.